The van der Waals surface area contributed by atoms with Crippen molar-refractivity contribution in [2.75, 3.05) is 0 Å². The second-order valence-corrected chi connectivity index (χ2v) is 9.82. The summed E-state index contributed by atoms with van der Waals surface area (Å²) in [5.74, 6) is 1.33. The average Bonchev–Trinajstić information content (AvgIpc) is 2.79. The fourth-order valence-corrected chi connectivity index (χ4v) is 5.24. The summed E-state index contributed by atoms with van der Waals surface area (Å²) in [7, 11) is 0. The highest BCUT2D eigenvalue weighted by Crippen LogP contribution is 2.41. The maximum Gasteiger partial charge on any atom is 0.131 e. The van der Waals surface area contributed by atoms with Gasteiger partial charge in [-0.15, -0.1) is 11.6 Å². The molecule has 1 fully saturated rings. The number of rotatable bonds is 6. The number of halogens is 2. The van der Waals surface area contributed by atoms with E-state index in [0.29, 0.717) is 5.56 Å². The first-order chi connectivity index (χ1) is 14.6. The molecule has 0 spiro atoms. The van der Waals surface area contributed by atoms with Gasteiger partial charge in [-0.1, -0.05) is 67.6 Å². The first kappa shape index (κ1) is 21.4. The van der Waals surface area contributed by atoms with Crippen molar-refractivity contribution in [1.82, 2.24) is 0 Å². The molecular weight excluding hydrogens is 391 g/mol. The Balaban J connectivity index is 1.26. The molecule has 0 radical (unpaired) electrons. The van der Waals surface area contributed by atoms with Crippen LogP contribution >= 0.6 is 11.6 Å². The van der Waals surface area contributed by atoms with Crippen LogP contribution in [-0.2, 0) is 6.42 Å². The zero-order valence-electron chi connectivity index (χ0n) is 17.9. The lowest BCUT2D eigenvalue weighted by molar-refractivity contribution is 0.298. The van der Waals surface area contributed by atoms with Gasteiger partial charge in [-0.3, -0.25) is 0 Å². The predicted octanol–water partition coefficient (Wildman–Crippen LogP) is 8.46. The second-order valence-electron chi connectivity index (χ2n) is 9.06. The zero-order valence-corrected chi connectivity index (χ0v) is 18.7. The van der Waals surface area contributed by atoms with Gasteiger partial charge >= 0.3 is 0 Å². The van der Waals surface area contributed by atoms with E-state index in [4.69, 9.17) is 11.6 Å². The van der Waals surface area contributed by atoms with Gasteiger partial charge in [-0.05, 0) is 86.0 Å². The van der Waals surface area contributed by atoms with E-state index in [-0.39, 0.29) is 10.7 Å². The Morgan fingerprint density at radius 2 is 1.73 bits per heavy atom. The molecule has 0 heterocycles. The van der Waals surface area contributed by atoms with Crippen LogP contribution in [0.5, 0.6) is 0 Å². The number of allylic oxidation sites excluding steroid dienone is 4. The van der Waals surface area contributed by atoms with Crippen LogP contribution in [0.3, 0.4) is 0 Å². The highest BCUT2D eigenvalue weighted by atomic mass is 35.5. The first-order valence-electron chi connectivity index (χ1n) is 11.5. The molecule has 30 heavy (non-hydrogen) atoms. The molecule has 4 rings (SSSR count). The van der Waals surface area contributed by atoms with E-state index in [1.807, 2.05) is 18.2 Å². The number of benzene rings is 2. The van der Waals surface area contributed by atoms with Gasteiger partial charge in [0, 0.05) is 5.56 Å². The molecule has 2 aliphatic carbocycles. The summed E-state index contributed by atoms with van der Waals surface area (Å²) >= 11 is 6.91. The summed E-state index contributed by atoms with van der Waals surface area (Å²) < 4.78 is 14.0. The van der Waals surface area contributed by atoms with E-state index in [1.165, 1.54) is 49.3 Å². The lowest BCUT2D eigenvalue weighted by Crippen LogP contribution is -2.22. The van der Waals surface area contributed by atoms with Crippen molar-refractivity contribution in [2.24, 2.45) is 5.92 Å². The summed E-state index contributed by atoms with van der Waals surface area (Å²) in [4.78, 5) is -0.318. The fraction of sp³-hybridized carbons (Fsp3) is 0.429. The van der Waals surface area contributed by atoms with E-state index in [1.54, 1.807) is 6.07 Å². The third-order valence-electron chi connectivity index (χ3n) is 7.08. The Bertz CT molecular complexity index is 902. The minimum absolute atomic E-state index is 0.170. The van der Waals surface area contributed by atoms with Crippen LogP contribution in [0.4, 0.5) is 4.39 Å². The quantitative estimate of drug-likeness (QED) is 0.409. The van der Waals surface area contributed by atoms with Crippen LogP contribution in [0.25, 0.3) is 5.57 Å². The predicted molar refractivity (Wildman–Crippen MR) is 126 cm³/mol. The van der Waals surface area contributed by atoms with Gasteiger partial charge in [-0.25, -0.2) is 4.39 Å². The summed E-state index contributed by atoms with van der Waals surface area (Å²) in [5.41, 5.74) is 4.55. The van der Waals surface area contributed by atoms with Crippen LogP contribution in [0.1, 0.15) is 74.5 Å². The fourth-order valence-electron chi connectivity index (χ4n) is 4.99. The van der Waals surface area contributed by atoms with E-state index >= 15 is 0 Å². The molecule has 0 bridgehead atoms. The highest BCUT2D eigenvalue weighted by molar-refractivity contribution is 6.25. The van der Waals surface area contributed by atoms with Crippen LogP contribution in [-0.4, -0.2) is 4.87 Å². The molecule has 0 aromatic heterocycles. The number of alkyl halides is 1. The van der Waals surface area contributed by atoms with E-state index in [9.17, 15) is 4.39 Å². The number of hydrogen-bond acceptors (Lipinski definition) is 0. The third-order valence-corrected chi connectivity index (χ3v) is 7.55. The third kappa shape index (κ3) is 5.06. The molecule has 2 aromatic rings. The van der Waals surface area contributed by atoms with Crippen molar-refractivity contribution in [3.05, 3.63) is 89.3 Å². The molecule has 0 amide bonds. The molecule has 2 heteroatoms. The molecule has 0 N–H and O–H groups in total. The lowest BCUT2D eigenvalue weighted by Gasteiger charge is -2.32. The molecule has 158 valence electrons. The van der Waals surface area contributed by atoms with Gasteiger partial charge in [0.25, 0.3) is 0 Å². The van der Waals surface area contributed by atoms with Crippen LogP contribution < -0.4 is 0 Å². The summed E-state index contributed by atoms with van der Waals surface area (Å²) in [6, 6.07) is 16.2. The Labute approximate surface area is 185 Å². The van der Waals surface area contributed by atoms with Crippen molar-refractivity contribution in [2.45, 2.75) is 69.1 Å². The normalized spacial score (nSPS) is 26.4. The summed E-state index contributed by atoms with van der Waals surface area (Å²) in [5, 5.41) is 0. The smallest absolute Gasteiger partial charge is 0.131 e. The Morgan fingerprint density at radius 1 is 1.00 bits per heavy atom. The highest BCUT2D eigenvalue weighted by Gasteiger charge is 2.29. The standard InChI is InChI=1S/C28H32ClF/c1-2-21-7-11-23(12-8-21)24-13-9-22(10-14-24)15-18-28(29)19-16-25(17-20-28)26-5-3-4-6-27(26)30/h3-8,11-12,16-17,19,22,24H,2,9-10,13-15,18,20H2,1H3/t22-,24-,28?. The molecule has 1 atom stereocenters. The minimum atomic E-state index is -0.318. The van der Waals surface area contributed by atoms with Crippen LogP contribution in [0.15, 0.2) is 66.8 Å². The average molecular weight is 423 g/mol. The zero-order chi connectivity index (χ0) is 21.0. The Hall–Kier alpha value is -1.86. The van der Waals surface area contributed by atoms with Crippen LogP contribution in [0, 0.1) is 11.7 Å². The van der Waals surface area contributed by atoms with Gasteiger partial charge < -0.3 is 0 Å². The first-order valence-corrected chi connectivity index (χ1v) is 11.9. The minimum Gasteiger partial charge on any atom is -0.206 e. The maximum absolute atomic E-state index is 14.0. The summed E-state index contributed by atoms with van der Waals surface area (Å²) in [6.45, 7) is 2.21. The van der Waals surface area contributed by atoms with Crippen molar-refractivity contribution < 1.29 is 4.39 Å². The molecule has 0 saturated heterocycles. The van der Waals surface area contributed by atoms with Crippen molar-refractivity contribution in [3.8, 4) is 0 Å². The van der Waals surface area contributed by atoms with E-state index in [0.717, 1.165) is 36.7 Å². The second kappa shape index (κ2) is 9.52. The van der Waals surface area contributed by atoms with Gasteiger partial charge in [0.2, 0.25) is 0 Å². The Kier molecular flexibility index (Phi) is 6.78. The van der Waals surface area contributed by atoms with Crippen molar-refractivity contribution >= 4 is 17.2 Å². The molecule has 0 aliphatic heterocycles. The van der Waals surface area contributed by atoms with Gasteiger partial charge in [0.1, 0.15) is 5.82 Å². The van der Waals surface area contributed by atoms with Crippen molar-refractivity contribution in [1.29, 1.82) is 0 Å². The largest absolute Gasteiger partial charge is 0.206 e. The van der Waals surface area contributed by atoms with Gasteiger partial charge in [0.15, 0.2) is 0 Å². The SMILES string of the molecule is CCc1ccc([C@H]2CC[C@H](CCC3(Cl)C=CC(c4ccccc4F)=CC3)CC2)cc1. The number of aryl methyl sites for hydroxylation is 1. The molecule has 2 aromatic carbocycles. The number of hydrogen-bond donors (Lipinski definition) is 0. The van der Waals surface area contributed by atoms with Gasteiger partial charge in [-0.2, -0.15) is 0 Å². The molecule has 0 nitrogen and oxygen atoms in total. The van der Waals surface area contributed by atoms with Crippen molar-refractivity contribution in [3.63, 3.8) is 0 Å². The van der Waals surface area contributed by atoms with E-state index < -0.39 is 0 Å². The maximum atomic E-state index is 14.0. The summed E-state index contributed by atoms with van der Waals surface area (Å²) in [6.07, 6.45) is 15.4. The monoisotopic (exact) mass is 422 g/mol. The topological polar surface area (TPSA) is 0 Å². The Morgan fingerprint density at radius 3 is 2.37 bits per heavy atom. The molecule has 1 saturated carbocycles. The van der Waals surface area contributed by atoms with E-state index in [2.05, 4.69) is 43.3 Å². The van der Waals surface area contributed by atoms with Gasteiger partial charge in [0.05, 0.1) is 4.87 Å². The molecular formula is C28H32ClF. The lowest BCUT2D eigenvalue weighted by atomic mass is 9.76. The molecule has 1 unspecified atom stereocenters. The van der Waals surface area contributed by atoms with Crippen LogP contribution in [0.2, 0.25) is 0 Å². The molecule has 2 aliphatic rings.